The Morgan fingerprint density at radius 1 is 0.805 bits per heavy atom. The molecule has 5 nitrogen and oxygen atoms in total. The first-order chi connectivity index (χ1) is 19.9. The minimum atomic E-state index is -0.556. The third kappa shape index (κ3) is 6.28. The maximum absolute atomic E-state index is 14.4. The van der Waals surface area contributed by atoms with Crippen molar-refractivity contribution in [2.45, 2.75) is 25.9 Å². The van der Waals surface area contributed by atoms with Gasteiger partial charge in [-0.05, 0) is 64.9 Å². The van der Waals surface area contributed by atoms with Crippen molar-refractivity contribution in [2.75, 3.05) is 12.4 Å². The van der Waals surface area contributed by atoms with Gasteiger partial charge in [0, 0.05) is 17.5 Å². The van der Waals surface area contributed by atoms with Crippen molar-refractivity contribution < 1.29 is 23.5 Å². The van der Waals surface area contributed by atoms with Crippen LogP contribution >= 0.6 is 0 Å². The number of carbonyl (C=O) groups excluding carboxylic acids is 2. The highest BCUT2D eigenvalue weighted by atomic mass is 19.1. The molecule has 41 heavy (non-hydrogen) atoms. The summed E-state index contributed by atoms with van der Waals surface area (Å²) in [5.74, 6) is -0.790. The Morgan fingerprint density at radius 2 is 1.51 bits per heavy atom. The molecule has 0 saturated carbocycles. The predicted molar refractivity (Wildman–Crippen MR) is 159 cm³/mol. The summed E-state index contributed by atoms with van der Waals surface area (Å²) in [6, 6.07) is 32.8. The van der Waals surface area contributed by atoms with E-state index < -0.39 is 11.9 Å². The van der Waals surface area contributed by atoms with Crippen LogP contribution in [0.15, 0.2) is 109 Å². The molecule has 1 atom stereocenters. The van der Waals surface area contributed by atoms with Crippen LogP contribution in [0.25, 0.3) is 10.8 Å². The first-order valence-electron chi connectivity index (χ1n) is 13.4. The summed E-state index contributed by atoms with van der Waals surface area (Å²) < 4.78 is 25.4. The van der Waals surface area contributed by atoms with E-state index in [1.54, 1.807) is 30.3 Å². The Kier molecular flexibility index (Phi) is 8.39. The number of methoxy groups -OCH3 is 1. The van der Waals surface area contributed by atoms with Crippen LogP contribution in [0.3, 0.4) is 0 Å². The van der Waals surface area contributed by atoms with Crippen LogP contribution in [0.5, 0.6) is 5.75 Å². The molecule has 0 aromatic heterocycles. The minimum Gasteiger partial charge on any atom is -0.489 e. The number of anilines is 1. The molecule has 1 N–H and O–H groups in total. The molecule has 1 unspecified atom stereocenters. The van der Waals surface area contributed by atoms with E-state index in [1.165, 1.54) is 13.2 Å². The summed E-state index contributed by atoms with van der Waals surface area (Å²) >= 11 is 0. The number of esters is 1. The van der Waals surface area contributed by atoms with E-state index in [9.17, 15) is 14.0 Å². The molecule has 5 rings (SSSR count). The van der Waals surface area contributed by atoms with Crippen molar-refractivity contribution in [3.63, 3.8) is 0 Å². The quantitative estimate of drug-likeness (QED) is 0.192. The van der Waals surface area contributed by atoms with E-state index in [4.69, 9.17) is 9.47 Å². The molecule has 0 aliphatic rings. The number of hydrogen-bond acceptors (Lipinski definition) is 4. The number of halogens is 1. The fourth-order valence-electron chi connectivity index (χ4n) is 4.90. The number of benzene rings is 5. The number of nitrogens with one attached hydrogen (secondary N) is 1. The maximum atomic E-state index is 14.4. The highest BCUT2D eigenvalue weighted by molar-refractivity contribution is 6.00. The normalized spacial score (nSPS) is 11.6. The lowest BCUT2D eigenvalue weighted by atomic mass is 9.93. The Morgan fingerprint density at radius 3 is 2.29 bits per heavy atom. The molecule has 0 spiro atoms. The molecule has 0 heterocycles. The summed E-state index contributed by atoms with van der Waals surface area (Å²) in [6.07, 6.45) is 0.397. The van der Waals surface area contributed by atoms with Crippen LogP contribution in [-0.2, 0) is 22.6 Å². The van der Waals surface area contributed by atoms with Gasteiger partial charge in [0.1, 0.15) is 18.2 Å². The Labute approximate surface area is 238 Å². The van der Waals surface area contributed by atoms with Crippen LogP contribution in [-0.4, -0.2) is 19.0 Å². The number of rotatable bonds is 9. The Hall–Kier alpha value is -4.97. The van der Waals surface area contributed by atoms with E-state index in [2.05, 4.69) is 5.32 Å². The minimum absolute atomic E-state index is 0.231. The second-order valence-corrected chi connectivity index (χ2v) is 9.81. The first-order valence-corrected chi connectivity index (χ1v) is 13.4. The van der Waals surface area contributed by atoms with Crippen molar-refractivity contribution in [1.82, 2.24) is 0 Å². The molecule has 0 bridgehead atoms. The molecule has 0 aliphatic carbocycles. The van der Waals surface area contributed by atoms with Gasteiger partial charge in [-0.3, -0.25) is 4.79 Å². The van der Waals surface area contributed by atoms with E-state index in [1.807, 2.05) is 79.7 Å². The maximum Gasteiger partial charge on any atom is 0.338 e. The van der Waals surface area contributed by atoms with Crippen molar-refractivity contribution >= 4 is 28.3 Å². The van der Waals surface area contributed by atoms with Crippen molar-refractivity contribution in [1.29, 1.82) is 0 Å². The molecule has 1 amide bonds. The number of fused-ring (bicyclic) bond motifs is 1. The molecule has 0 radical (unpaired) electrons. The number of hydrogen-bond donors (Lipinski definition) is 1. The Balaban J connectivity index is 1.47. The first kappa shape index (κ1) is 27.6. The van der Waals surface area contributed by atoms with Crippen molar-refractivity contribution in [3.8, 4) is 5.75 Å². The highest BCUT2D eigenvalue weighted by Gasteiger charge is 2.21. The third-order valence-corrected chi connectivity index (χ3v) is 7.15. The van der Waals surface area contributed by atoms with Gasteiger partial charge in [-0.15, -0.1) is 0 Å². The zero-order valence-corrected chi connectivity index (χ0v) is 22.9. The molecule has 5 aromatic rings. The van der Waals surface area contributed by atoms with Gasteiger partial charge in [0.2, 0.25) is 5.91 Å². The fourth-order valence-corrected chi connectivity index (χ4v) is 4.90. The molecule has 0 fully saturated rings. The van der Waals surface area contributed by atoms with Gasteiger partial charge < -0.3 is 14.8 Å². The van der Waals surface area contributed by atoms with Gasteiger partial charge >= 0.3 is 5.97 Å². The third-order valence-electron chi connectivity index (χ3n) is 7.15. The summed E-state index contributed by atoms with van der Waals surface area (Å²) in [5, 5.41) is 4.28. The van der Waals surface area contributed by atoms with Crippen LogP contribution < -0.4 is 10.1 Å². The second-order valence-electron chi connectivity index (χ2n) is 9.81. The van der Waals surface area contributed by atoms with Gasteiger partial charge in [-0.25, -0.2) is 9.18 Å². The van der Waals surface area contributed by atoms with Gasteiger partial charge in [0.15, 0.2) is 0 Å². The zero-order chi connectivity index (χ0) is 28.8. The predicted octanol–water partition coefficient (Wildman–Crippen LogP) is 7.68. The number of ether oxygens (including phenoxy) is 2. The monoisotopic (exact) mass is 547 g/mol. The smallest absolute Gasteiger partial charge is 0.338 e. The number of amides is 1. The Bertz CT molecular complexity index is 1700. The molecule has 0 saturated heterocycles. The number of para-hydroxylation sites is 1. The zero-order valence-electron chi connectivity index (χ0n) is 22.9. The lowest BCUT2D eigenvalue weighted by Gasteiger charge is -2.19. The SMILES string of the molecule is COC(=O)c1ccccc1Cc1ccc(COc2ccccc2)cc1NC(=O)C(C)c1ccc(F)c2ccccc12. The van der Waals surface area contributed by atoms with E-state index >= 15 is 0 Å². The van der Waals surface area contributed by atoms with Gasteiger partial charge in [0.05, 0.1) is 18.6 Å². The van der Waals surface area contributed by atoms with Crippen molar-refractivity contribution in [3.05, 3.63) is 143 Å². The molecule has 6 heteroatoms. The van der Waals surface area contributed by atoms with Crippen LogP contribution in [0, 0.1) is 5.82 Å². The summed E-state index contributed by atoms with van der Waals surface area (Å²) in [5.41, 5.74) is 4.29. The second kappa shape index (κ2) is 12.5. The topological polar surface area (TPSA) is 64.6 Å². The summed E-state index contributed by atoms with van der Waals surface area (Å²) in [6.45, 7) is 2.12. The van der Waals surface area contributed by atoms with Gasteiger partial charge in [-0.1, -0.05) is 78.9 Å². The lowest BCUT2D eigenvalue weighted by Crippen LogP contribution is -2.20. The van der Waals surface area contributed by atoms with E-state index in [-0.39, 0.29) is 11.7 Å². The van der Waals surface area contributed by atoms with E-state index in [0.717, 1.165) is 28.0 Å². The standard InChI is InChI=1S/C35H30FNO4/c1-23(28-18-19-32(36)31-15-9-8-14-30(28)31)34(38)37-33-20-24(22-41-27-11-4-3-5-12-27)16-17-26(33)21-25-10-6-7-13-29(25)35(39)40-2/h3-20,23H,21-22H2,1-2H3,(H,37,38). The lowest BCUT2D eigenvalue weighted by molar-refractivity contribution is -0.117. The fraction of sp³-hybridized carbons (Fsp3) is 0.143. The average molecular weight is 548 g/mol. The van der Waals surface area contributed by atoms with E-state index in [0.29, 0.717) is 35.1 Å². The van der Waals surface area contributed by atoms with Gasteiger partial charge in [0.25, 0.3) is 0 Å². The molecular weight excluding hydrogens is 517 g/mol. The molecular formula is C35H30FNO4. The number of carbonyl (C=O) groups is 2. The largest absolute Gasteiger partial charge is 0.489 e. The van der Waals surface area contributed by atoms with Crippen LogP contribution in [0.4, 0.5) is 10.1 Å². The molecule has 0 aliphatic heterocycles. The summed E-state index contributed by atoms with van der Waals surface area (Å²) in [7, 11) is 1.35. The molecule has 5 aromatic carbocycles. The molecule has 206 valence electrons. The van der Waals surface area contributed by atoms with Crippen LogP contribution in [0.1, 0.15) is 45.5 Å². The highest BCUT2D eigenvalue weighted by Crippen LogP contribution is 2.30. The van der Waals surface area contributed by atoms with Crippen molar-refractivity contribution in [2.24, 2.45) is 0 Å². The summed E-state index contributed by atoms with van der Waals surface area (Å²) in [4.78, 5) is 26.1. The van der Waals surface area contributed by atoms with Gasteiger partial charge in [-0.2, -0.15) is 0 Å². The average Bonchev–Trinajstić information content (AvgIpc) is 3.01. The van der Waals surface area contributed by atoms with Crippen LogP contribution in [0.2, 0.25) is 0 Å².